The molecule has 1 aliphatic rings. The van der Waals surface area contributed by atoms with Crippen molar-refractivity contribution in [3.63, 3.8) is 0 Å². The van der Waals surface area contributed by atoms with Crippen LogP contribution in [-0.2, 0) is 0 Å². The summed E-state index contributed by atoms with van der Waals surface area (Å²) in [6, 6.07) is 24.0. The van der Waals surface area contributed by atoms with Crippen molar-refractivity contribution < 1.29 is 9.47 Å². The fourth-order valence-electron chi connectivity index (χ4n) is 3.48. The molecule has 0 N–H and O–H groups in total. The summed E-state index contributed by atoms with van der Waals surface area (Å²) in [5.74, 6) is 1.68. The molecule has 1 heterocycles. The van der Waals surface area contributed by atoms with Gasteiger partial charge in [0.05, 0.1) is 31.7 Å². The standard InChI is InChI=1S/C25H23ClN2O2/c1-29-23-12-7-18(8-13-23)6-11-21-17-25(19-9-14-24(30-2)15-10-19)28(27-21)22-5-3-4-20(26)16-22/h3-16,25H,17H2,1-2H3/b11-6+. The van der Waals surface area contributed by atoms with E-state index in [1.54, 1.807) is 14.2 Å². The van der Waals surface area contributed by atoms with Gasteiger partial charge in [-0.25, -0.2) is 0 Å². The average molecular weight is 419 g/mol. The summed E-state index contributed by atoms with van der Waals surface area (Å²) < 4.78 is 10.5. The van der Waals surface area contributed by atoms with Gasteiger partial charge < -0.3 is 9.47 Å². The molecule has 0 aromatic heterocycles. The molecule has 152 valence electrons. The van der Waals surface area contributed by atoms with Crippen LogP contribution < -0.4 is 14.5 Å². The van der Waals surface area contributed by atoms with E-state index in [1.807, 2.05) is 65.7 Å². The lowest BCUT2D eigenvalue weighted by atomic mass is 10.0. The molecule has 0 bridgehead atoms. The average Bonchev–Trinajstić information content (AvgIpc) is 3.22. The van der Waals surface area contributed by atoms with Crippen LogP contribution in [0.2, 0.25) is 5.02 Å². The Hall–Kier alpha value is -3.24. The van der Waals surface area contributed by atoms with Gasteiger partial charge in [0.25, 0.3) is 0 Å². The molecular weight excluding hydrogens is 396 g/mol. The summed E-state index contributed by atoms with van der Waals surface area (Å²) in [4.78, 5) is 0. The zero-order chi connectivity index (χ0) is 20.9. The molecule has 0 amide bonds. The van der Waals surface area contributed by atoms with Crippen LogP contribution in [0.5, 0.6) is 11.5 Å². The summed E-state index contributed by atoms with van der Waals surface area (Å²) >= 11 is 6.24. The molecule has 3 aromatic rings. The van der Waals surface area contributed by atoms with Crippen molar-refractivity contribution in [1.82, 2.24) is 0 Å². The van der Waals surface area contributed by atoms with Crippen LogP contribution in [0.1, 0.15) is 23.6 Å². The van der Waals surface area contributed by atoms with Gasteiger partial charge in [-0.1, -0.05) is 48.0 Å². The first kappa shape index (κ1) is 20.0. The number of anilines is 1. The van der Waals surface area contributed by atoms with E-state index in [4.69, 9.17) is 26.2 Å². The van der Waals surface area contributed by atoms with Crippen LogP contribution in [0.25, 0.3) is 6.08 Å². The molecule has 0 spiro atoms. The highest BCUT2D eigenvalue weighted by molar-refractivity contribution is 6.30. The Morgan fingerprint density at radius 3 is 2.20 bits per heavy atom. The maximum absolute atomic E-state index is 6.24. The van der Waals surface area contributed by atoms with Crippen LogP contribution >= 0.6 is 11.6 Å². The second kappa shape index (κ2) is 9.06. The molecule has 1 unspecified atom stereocenters. The van der Waals surface area contributed by atoms with Gasteiger partial charge in [-0.3, -0.25) is 5.01 Å². The third-order valence-electron chi connectivity index (χ3n) is 5.09. The topological polar surface area (TPSA) is 34.1 Å². The summed E-state index contributed by atoms with van der Waals surface area (Å²) in [7, 11) is 3.34. The van der Waals surface area contributed by atoms with E-state index in [9.17, 15) is 0 Å². The van der Waals surface area contributed by atoms with Crippen molar-refractivity contribution in [1.29, 1.82) is 0 Å². The van der Waals surface area contributed by atoms with Crippen molar-refractivity contribution in [2.45, 2.75) is 12.5 Å². The lowest BCUT2D eigenvalue weighted by Crippen LogP contribution is -2.18. The van der Waals surface area contributed by atoms with Crippen LogP contribution in [0.3, 0.4) is 0 Å². The van der Waals surface area contributed by atoms with Gasteiger partial charge in [-0.15, -0.1) is 0 Å². The van der Waals surface area contributed by atoms with E-state index in [0.717, 1.165) is 34.9 Å². The first-order valence-electron chi connectivity index (χ1n) is 9.74. The molecule has 30 heavy (non-hydrogen) atoms. The highest BCUT2D eigenvalue weighted by Gasteiger charge is 2.28. The minimum atomic E-state index is 0.0879. The number of halogens is 1. The highest BCUT2D eigenvalue weighted by Crippen LogP contribution is 2.37. The zero-order valence-corrected chi connectivity index (χ0v) is 17.7. The maximum atomic E-state index is 6.24. The van der Waals surface area contributed by atoms with Crippen LogP contribution in [0.15, 0.2) is 84.0 Å². The quantitative estimate of drug-likeness (QED) is 0.466. The van der Waals surface area contributed by atoms with Gasteiger partial charge >= 0.3 is 0 Å². The van der Waals surface area contributed by atoms with E-state index >= 15 is 0 Å². The van der Waals surface area contributed by atoms with E-state index in [2.05, 4.69) is 24.3 Å². The minimum Gasteiger partial charge on any atom is -0.497 e. The Balaban J connectivity index is 1.62. The van der Waals surface area contributed by atoms with E-state index < -0.39 is 0 Å². The monoisotopic (exact) mass is 418 g/mol. The number of benzene rings is 3. The van der Waals surface area contributed by atoms with Crippen LogP contribution in [-0.4, -0.2) is 19.9 Å². The van der Waals surface area contributed by atoms with Gasteiger partial charge in [0.2, 0.25) is 0 Å². The van der Waals surface area contributed by atoms with Gasteiger partial charge in [0.1, 0.15) is 11.5 Å². The number of nitrogens with zero attached hydrogens (tertiary/aromatic N) is 2. The normalized spacial score (nSPS) is 16.0. The molecule has 0 saturated carbocycles. The number of methoxy groups -OCH3 is 2. The van der Waals surface area contributed by atoms with E-state index in [0.29, 0.717) is 5.02 Å². The van der Waals surface area contributed by atoms with Crippen LogP contribution in [0, 0.1) is 0 Å². The summed E-state index contributed by atoms with van der Waals surface area (Å²) in [5, 5.41) is 7.63. The molecule has 1 atom stereocenters. The fourth-order valence-corrected chi connectivity index (χ4v) is 3.67. The SMILES string of the molecule is COc1ccc(/C=C/C2=NN(c3cccc(Cl)c3)C(c3ccc(OC)cc3)C2)cc1. The molecule has 4 nitrogen and oxygen atoms in total. The summed E-state index contributed by atoms with van der Waals surface area (Å²) in [5.41, 5.74) is 4.25. The Labute approximate surface area is 182 Å². The summed E-state index contributed by atoms with van der Waals surface area (Å²) in [6.45, 7) is 0. The number of allylic oxidation sites excluding steroid dienone is 1. The van der Waals surface area contributed by atoms with Gasteiger partial charge in [-0.2, -0.15) is 5.10 Å². The molecule has 4 rings (SSSR count). The molecule has 0 fully saturated rings. The van der Waals surface area contributed by atoms with Crippen molar-refractivity contribution in [2.24, 2.45) is 5.10 Å². The van der Waals surface area contributed by atoms with Gasteiger partial charge in [0, 0.05) is 11.4 Å². The molecular formula is C25H23ClN2O2. The van der Waals surface area contributed by atoms with Gasteiger partial charge in [0.15, 0.2) is 0 Å². The fraction of sp³-hybridized carbons (Fsp3) is 0.160. The minimum absolute atomic E-state index is 0.0879. The third kappa shape index (κ3) is 4.50. The van der Waals surface area contributed by atoms with E-state index in [1.165, 1.54) is 5.56 Å². The van der Waals surface area contributed by atoms with E-state index in [-0.39, 0.29) is 6.04 Å². The lowest BCUT2D eigenvalue weighted by Gasteiger charge is -2.24. The molecule has 1 aliphatic heterocycles. The summed E-state index contributed by atoms with van der Waals surface area (Å²) in [6.07, 6.45) is 4.94. The van der Waals surface area contributed by atoms with Crippen molar-refractivity contribution in [3.8, 4) is 11.5 Å². The van der Waals surface area contributed by atoms with Gasteiger partial charge in [-0.05, 0) is 59.7 Å². The highest BCUT2D eigenvalue weighted by atomic mass is 35.5. The Morgan fingerprint density at radius 1 is 0.900 bits per heavy atom. The number of ether oxygens (including phenoxy) is 2. The predicted octanol–water partition coefficient (Wildman–Crippen LogP) is 6.38. The Morgan fingerprint density at radius 2 is 1.57 bits per heavy atom. The van der Waals surface area contributed by atoms with Crippen molar-refractivity contribution in [2.75, 3.05) is 19.2 Å². The largest absolute Gasteiger partial charge is 0.497 e. The molecule has 0 aliphatic carbocycles. The number of hydrazone groups is 1. The van der Waals surface area contributed by atoms with Crippen LogP contribution in [0.4, 0.5) is 5.69 Å². The van der Waals surface area contributed by atoms with Crippen molar-refractivity contribution in [3.05, 3.63) is 95.0 Å². The van der Waals surface area contributed by atoms with Crippen molar-refractivity contribution >= 4 is 29.1 Å². The number of hydrogen-bond donors (Lipinski definition) is 0. The first-order valence-corrected chi connectivity index (χ1v) is 10.1. The molecule has 0 radical (unpaired) electrons. The second-order valence-electron chi connectivity index (χ2n) is 7.02. The molecule has 5 heteroatoms. The Kier molecular flexibility index (Phi) is 6.05. The molecule has 0 saturated heterocycles. The predicted molar refractivity (Wildman–Crippen MR) is 124 cm³/mol. The number of hydrogen-bond acceptors (Lipinski definition) is 4. The zero-order valence-electron chi connectivity index (χ0n) is 17.0. The molecule has 3 aromatic carbocycles. The lowest BCUT2D eigenvalue weighted by molar-refractivity contribution is 0.414. The number of rotatable bonds is 6. The smallest absolute Gasteiger partial charge is 0.118 e. The Bertz CT molecular complexity index is 1060. The first-order chi connectivity index (χ1) is 14.7. The third-order valence-corrected chi connectivity index (χ3v) is 5.33. The maximum Gasteiger partial charge on any atom is 0.118 e. The second-order valence-corrected chi connectivity index (χ2v) is 7.45.